The van der Waals surface area contributed by atoms with Crippen LogP contribution in [0.1, 0.15) is 31.3 Å². The molecule has 7 heteroatoms. The Balaban J connectivity index is 3.21. The molecule has 2 amide bonds. The molecule has 0 aliphatic rings. The van der Waals surface area contributed by atoms with Gasteiger partial charge in [-0.3, -0.25) is 14.4 Å². The second-order valence-electron chi connectivity index (χ2n) is 4.02. The van der Waals surface area contributed by atoms with Crippen LogP contribution in [-0.2, 0) is 9.59 Å². The minimum Gasteiger partial charge on any atom is -0.422 e. The van der Waals surface area contributed by atoms with Gasteiger partial charge in [-0.15, -0.1) is 0 Å². The highest BCUT2D eigenvalue weighted by atomic mass is 16.5. The van der Waals surface area contributed by atoms with E-state index in [0.29, 0.717) is 6.41 Å². The van der Waals surface area contributed by atoms with E-state index in [1.165, 1.54) is 19.2 Å². The van der Waals surface area contributed by atoms with Gasteiger partial charge in [0.25, 0.3) is 5.91 Å². The molecule has 0 saturated carbocycles. The molecule has 1 heterocycles. The summed E-state index contributed by atoms with van der Waals surface area (Å²) in [6.45, 7) is 4.77. The predicted octanol–water partition coefficient (Wildman–Crippen LogP) is 0.713. The molecule has 0 fully saturated rings. The molecule has 0 aliphatic heterocycles. The van der Waals surface area contributed by atoms with Gasteiger partial charge in [0.2, 0.25) is 6.41 Å². The summed E-state index contributed by atoms with van der Waals surface area (Å²) in [5.74, 6) is -1.17. The summed E-state index contributed by atoms with van der Waals surface area (Å²) >= 11 is 0. The van der Waals surface area contributed by atoms with Gasteiger partial charge >= 0.3 is 5.97 Å². The number of hydrogen-bond donors (Lipinski definition) is 2. The van der Waals surface area contributed by atoms with E-state index in [9.17, 15) is 14.4 Å². The number of ether oxygens (including phenoxy) is 1. The zero-order valence-corrected chi connectivity index (χ0v) is 10.9. The van der Waals surface area contributed by atoms with Gasteiger partial charge in [0, 0.05) is 19.2 Å². The molecule has 1 aromatic rings. The number of nitrogens with zero attached hydrogens (tertiary/aromatic N) is 1. The Morgan fingerprint density at radius 1 is 1.42 bits per heavy atom. The quantitative estimate of drug-likeness (QED) is 0.603. The van der Waals surface area contributed by atoms with Crippen LogP contribution in [0.2, 0.25) is 0 Å². The van der Waals surface area contributed by atoms with Crippen molar-refractivity contribution in [3.63, 3.8) is 0 Å². The third-order valence-electron chi connectivity index (χ3n) is 2.00. The molecular formula is C12H15N3O4. The SMILES string of the molecule is CC(=O)Oc1c(NC=O)ccnc1C(=O)NC(C)C. The summed E-state index contributed by atoms with van der Waals surface area (Å²) in [7, 11) is 0. The number of anilines is 1. The molecule has 1 aromatic heterocycles. The Labute approximate surface area is 110 Å². The largest absolute Gasteiger partial charge is 0.422 e. The van der Waals surface area contributed by atoms with Crippen LogP contribution in [0.5, 0.6) is 5.75 Å². The van der Waals surface area contributed by atoms with Crippen LogP contribution in [0.3, 0.4) is 0 Å². The third kappa shape index (κ3) is 4.06. The zero-order valence-electron chi connectivity index (χ0n) is 10.9. The van der Waals surface area contributed by atoms with Crippen LogP contribution in [0, 0.1) is 0 Å². The molecule has 0 bridgehead atoms. The standard InChI is InChI=1S/C12H15N3O4/c1-7(2)15-12(18)10-11(19-8(3)17)9(14-6-16)4-5-13-10/h4-7H,1-3H3,(H,15,18)(H,13,14,16). The smallest absolute Gasteiger partial charge is 0.308 e. The second kappa shape index (κ2) is 6.48. The first-order valence-electron chi connectivity index (χ1n) is 5.64. The Hall–Kier alpha value is -2.44. The average molecular weight is 265 g/mol. The number of rotatable bonds is 5. The van der Waals surface area contributed by atoms with Gasteiger partial charge in [-0.2, -0.15) is 0 Å². The van der Waals surface area contributed by atoms with Crippen molar-refractivity contribution in [2.24, 2.45) is 0 Å². The molecule has 0 spiro atoms. The van der Waals surface area contributed by atoms with Crippen molar-refractivity contribution in [1.29, 1.82) is 0 Å². The Morgan fingerprint density at radius 3 is 2.63 bits per heavy atom. The van der Waals surface area contributed by atoms with Crippen LogP contribution >= 0.6 is 0 Å². The fourth-order valence-corrected chi connectivity index (χ4v) is 1.36. The van der Waals surface area contributed by atoms with Crippen molar-refractivity contribution in [3.05, 3.63) is 18.0 Å². The number of nitrogens with one attached hydrogen (secondary N) is 2. The highest BCUT2D eigenvalue weighted by Crippen LogP contribution is 2.27. The van der Waals surface area contributed by atoms with E-state index < -0.39 is 11.9 Å². The van der Waals surface area contributed by atoms with Gasteiger partial charge in [-0.25, -0.2) is 4.98 Å². The zero-order chi connectivity index (χ0) is 14.4. The van der Waals surface area contributed by atoms with E-state index in [0.717, 1.165) is 0 Å². The van der Waals surface area contributed by atoms with E-state index in [-0.39, 0.29) is 23.2 Å². The average Bonchev–Trinajstić information content (AvgIpc) is 2.30. The Bertz CT molecular complexity index is 500. The molecular weight excluding hydrogens is 250 g/mol. The van der Waals surface area contributed by atoms with E-state index in [4.69, 9.17) is 4.74 Å². The van der Waals surface area contributed by atoms with Gasteiger partial charge in [0.05, 0.1) is 5.69 Å². The van der Waals surface area contributed by atoms with E-state index in [2.05, 4.69) is 15.6 Å². The Kier molecular flexibility index (Phi) is 4.99. The van der Waals surface area contributed by atoms with Gasteiger partial charge in [-0.05, 0) is 19.9 Å². The van der Waals surface area contributed by atoms with Crippen molar-refractivity contribution < 1.29 is 19.1 Å². The lowest BCUT2D eigenvalue weighted by molar-refractivity contribution is -0.131. The van der Waals surface area contributed by atoms with Crippen molar-refractivity contribution in [2.75, 3.05) is 5.32 Å². The van der Waals surface area contributed by atoms with Crippen LogP contribution in [0.15, 0.2) is 12.3 Å². The van der Waals surface area contributed by atoms with Gasteiger partial charge in [0.1, 0.15) is 0 Å². The first-order valence-corrected chi connectivity index (χ1v) is 5.64. The Morgan fingerprint density at radius 2 is 2.11 bits per heavy atom. The van der Waals surface area contributed by atoms with Crippen molar-refractivity contribution in [2.45, 2.75) is 26.8 Å². The maximum atomic E-state index is 11.9. The van der Waals surface area contributed by atoms with E-state index in [1.807, 2.05) is 0 Å². The molecule has 102 valence electrons. The number of hydrogen-bond acceptors (Lipinski definition) is 5. The summed E-state index contributed by atoms with van der Waals surface area (Å²) in [5, 5.41) is 4.99. The van der Waals surface area contributed by atoms with E-state index >= 15 is 0 Å². The topological polar surface area (TPSA) is 97.4 Å². The predicted molar refractivity (Wildman–Crippen MR) is 67.8 cm³/mol. The lowest BCUT2D eigenvalue weighted by Crippen LogP contribution is -2.31. The summed E-state index contributed by atoms with van der Waals surface area (Å²) in [6.07, 6.45) is 1.76. The van der Waals surface area contributed by atoms with Gasteiger partial charge < -0.3 is 15.4 Å². The molecule has 0 atom stereocenters. The molecule has 1 rings (SSSR count). The summed E-state index contributed by atoms with van der Waals surface area (Å²) < 4.78 is 4.95. The fourth-order valence-electron chi connectivity index (χ4n) is 1.36. The molecule has 0 aromatic carbocycles. The van der Waals surface area contributed by atoms with E-state index in [1.54, 1.807) is 13.8 Å². The number of carbonyl (C=O) groups is 3. The first-order chi connectivity index (χ1) is 8.95. The number of carbonyl (C=O) groups excluding carboxylic acids is 3. The lowest BCUT2D eigenvalue weighted by atomic mass is 10.2. The molecule has 2 N–H and O–H groups in total. The summed E-state index contributed by atoms with van der Waals surface area (Å²) in [4.78, 5) is 37.4. The fraction of sp³-hybridized carbons (Fsp3) is 0.333. The van der Waals surface area contributed by atoms with Gasteiger partial charge in [-0.1, -0.05) is 0 Å². The number of amides is 2. The van der Waals surface area contributed by atoms with Crippen molar-refractivity contribution >= 4 is 24.0 Å². The molecule has 0 radical (unpaired) electrons. The van der Waals surface area contributed by atoms with Crippen LogP contribution in [-0.4, -0.2) is 29.3 Å². The maximum absolute atomic E-state index is 11.9. The summed E-state index contributed by atoms with van der Waals surface area (Å²) in [5.41, 5.74) is 0.143. The first kappa shape index (κ1) is 14.6. The van der Waals surface area contributed by atoms with Gasteiger partial charge in [0.15, 0.2) is 11.4 Å². The molecule has 0 unspecified atom stereocenters. The lowest BCUT2D eigenvalue weighted by Gasteiger charge is -2.13. The highest BCUT2D eigenvalue weighted by molar-refractivity contribution is 5.98. The summed E-state index contributed by atoms with van der Waals surface area (Å²) in [6, 6.07) is 1.33. The highest BCUT2D eigenvalue weighted by Gasteiger charge is 2.20. The molecule has 0 aliphatic carbocycles. The number of aromatic nitrogens is 1. The van der Waals surface area contributed by atoms with Crippen molar-refractivity contribution in [3.8, 4) is 5.75 Å². The second-order valence-corrected chi connectivity index (χ2v) is 4.02. The minimum absolute atomic E-state index is 0.0595. The third-order valence-corrected chi connectivity index (χ3v) is 2.00. The number of esters is 1. The normalized spacial score (nSPS) is 9.89. The van der Waals surface area contributed by atoms with Crippen LogP contribution < -0.4 is 15.4 Å². The molecule has 0 saturated heterocycles. The monoisotopic (exact) mass is 265 g/mol. The minimum atomic E-state index is -0.611. The number of pyridine rings is 1. The van der Waals surface area contributed by atoms with Crippen molar-refractivity contribution in [1.82, 2.24) is 10.3 Å². The molecule has 19 heavy (non-hydrogen) atoms. The molecule has 7 nitrogen and oxygen atoms in total. The van der Waals surface area contributed by atoms with Crippen LogP contribution in [0.25, 0.3) is 0 Å². The van der Waals surface area contributed by atoms with Crippen LogP contribution in [0.4, 0.5) is 5.69 Å². The maximum Gasteiger partial charge on any atom is 0.308 e.